The van der Waals surface area contributed by atoms with Crippen molar-refractivity contribution in [3.8, 4) is 0 Å². The molecule has 3 aromatic rings. The number of fused-ring (bicyclic) bond motifs is 2. The first-order valence-electron chi connectivity index (χ1n) is 13.1. The van der Waals surface area contributed by atoms with Crippen LogP contribution >= 0.6 is 15.9 Å². The number of carbonyl (C=O) groups is 2. The SMILES string of the molecule is CC12CCC(C(=O)N(Cc3ccccc3)Cc3ccccc3)(C/C1=N\OC(=O)c1ccc(Br)cc1)C2(C)C. The molecular formula is C32H33BrN2O3. The number of halogens is 1. The fourth-order valence-corrected chi connectivity index (χ4v) is 6.60. The van der Waals surface area contributed by atoms with Gasteiger partial charge in [-0.25, -0.2) is 4.79 Å². The number of rotatable bonds is 7. The summed E-state index contributed by atoms with van der Waals surface area (Å²) in [5.74, 6) is -0.354. The standard InChI is InChI=1S/C32H33BrN2O3/c1-30(2)31(3)18-19-32(30,20-27(31)34-38-28(36)25-14-16-26(33)17-15-25)29(37)35(21-23-10-6-4-7-11-23)22-24-12-8-5-9-13-24/h4-17H,18-22H2,1-3H3/b34-27+. The van der Waals surface area contributed by atoms with Crippen molar-refractivity contribution >= 4 is 33.5 Å². The van der Waals surface area contributed by atoms with Crippen LogP contribution in [0, 0.1) is 16.2 Å². The molecule has 5 rings (SSSR count). The van der Waals surface area contributed by atoms with Crippen LogP contribution in [0.2, 0.25) is 0 Å². The second kappa shape index (κ2) is 10.1. The lowest BCUT2D eigenvalue weighted by molar-refractivity contribution is -0.148. The van der Waals surface area contributed by atoms with E-state index in [4.69, 9.17) is 4.84 Å². The Hall–Kier alpha value is -3.25. The summed E-state index contributed by atoms with van der Waals surface area (Å²) in [6.07, 6.45) is 2.10. The molecule has 0 heterocycles. The number of oxime groups is 1. The molecule has 2 fully saturated rings. The van der Waals surface area contributed by atoms with E-state index in [1.54, 1.807) is 24.3 Å². The van der Waals surface area contributed by atoms with Gasteiger partial charge < -0.3 is 9.74 Å². The highest BCUT2D eigenvalue weighted by molar-refractivity contribution is 9.10. The molecule has 1 amide bonds. The lowest BCUT2D eigenvalue weighted by atomic mass is 9.64. The van der Waals surface area contributed by atoms with Gasteiger partial charge in [-0.05, 0) is 53.6 Å². The topological polar surface area (TPSA) is 59.0 Å². The molecule has 2 unspecified atom stereocenters. The Bertz CT molecular complexity index is 1310. The Morgan fingerprint density at radius 1 is 0.842 bits per heavy atom. The first kappa shape index (κ1) is 26.4. The third kappa shape index (κ3) is 4.49. The average Bonchev–Trinajstić information content (AvgIpc) is 3.23. The molecule has 38 heavy (non-hydrogen) atoms. The summed E-state index contributed by atoms with van der Waals surface area (Å²) in [7, 11) is 0. The minimum atomic E-state index is -0.617. The van der Waals surface area contributed by atoms with E-state index in [-0.39, 0.29) is 16.7 Å². The smallest absolute Gasteiger partial charge is 0.334 e. The maximum absolute atomic E-state index is 14.6. The molecule has 2 saturated carbocycles. The van der Waals surface area contributed by atoms with Gasteiger partial charge in [0, 0.05) is 29.4 Å². The van der Waals surface area contributed by atoms with Crippen molar-refractivity contribution < 1.29 is 14.4 Å². The van der Waals surface area contributed by atoms with Crippen molar-refractivity contribution in [2.45, 2.75) is 53.1 Å². The molecule has 0 aliphatic heterocycles. The Morgan fingerprint density at radius 3 is 1.95 bits per heavy atom. The summed E-state index contributed by atoms with van der Waals surface area (Å²) >= 11 is 3.39. The summed E-state index contributed by atoms with van der Waals surface area (Å²) in [6.45, 7) is 7.60. The normalized spacial score (nSPS) is 24.4. The van der Waals surface area contributed by atoms with Crippen LogP contribution in [0.25, 0.3) is 0 Å². The van der Waals surface area contributed by atoms with Crippen LogP contribution in [0.1, 0.15) is 61.5 Å². The molecule has 6 heteroatoms. The molecule has 0 spiro atoms. The van der Waals surface area contributed by atoms with E-state index in [0.717, 1.165) is 34.2 Å². The van der Waals surface area contributed by atoms with Crippen LogP contribution in [0.3, 0.4) is 0 Å². The van der Waals surface area contributed by atoms with E-state index in [9.17, 15) is 9.59 Å². The van der Waals surface area contributed by atoms with E-state index in [1.807, 2.05) is 41.3 Å². The first-order valence-corrected chi connectivity index (χ1v) is 13.9. The number of hydrogen-bond donors (Lipinski definition) is 0. The zero-order chi connectivity index (χ0) is 27.0. The molecule has 2 aliphatic rings. The van der Waals surface area contributed by atoms with Gasteiger partial charge in [0.15, 0.2) is 0 Å². The van der Waals surface area contributed by atoms with Crippen molar-refractivity contribution in [3.63, 3.8) is 0 Å². The van der Waals surface area contributed by atoms with Gasteiger partial charge in [0.2, 0.25) is 5.91 Å². The van der Waals surface area contributed by atoms with Crippen LogP contribution in [-0.4, -0.2) is 22.5 Å². The predicted molar refractivity (Wildman–Crippen MR) is 152 cm³/mol. The number of carbonyl (C=O) groups excluding carboxylic acids is 2. The fourth-order valence-electron chi connectivity index (χ4n) is 6.34. The Balaban J connectivity index is 1.44. The summed E-state index contributed by atoms with van der Waals surface area (Å²) in [5.41, 5.74) is 2.12. The lowest BCUT2D eigenvalue weighted by Gasteiger charge is -2.42. The minimum absolute atomic E-state index is 0.142. The number of benzene rings is 3. The molecule has 0 N–H and O–H groups in total. The highest BCUT2D eigenvalue weighted by atomic mass is 79.9. The van der Waals surface area contributed by atoms with Gasteiger partial charge in [-0.2, -0.15) is 0 Å². The quantitative estimate of drug-likeness (QED) is 0.219. The molecule has 2 atom stereocenters. The molecule has 2 aliphatic carbocycles. The van der Waals surface area contributed by atoms with Crippen molar-refractivity contribution in [1.82, 2.24) is 4.90 Å². The Kier molecular flexibility index (Phi) is 7.03. The Morgan fingerprint density at radius 2 is 1.39 bits per heavy atom. The van der Waals surface area contributed by atoms with Gasteiger partial charge >= 0.3 is 5.97 Å². The maximum atomic E-state index is 14.6. The van der Waals surface area contributed by atoms with Crippen LogP contribution in [0.15, 0.2) is 94.6 Å². The third-order valence-electron chi connectivity index (χ3n) is 9.18. The number of nitrogens with zero attached hydrogens (tertiary/aromatic N) is 2. The lowest BCUT2D eigenvalue weighted by Crippen LogP contribution is -2.48. The van der Waals surface area contributed by atoms with Gasteiger partial charge in [-0.3, -0.25) is 4.79 Å². The molecule has 0 saturated heterocycles. The van der Waals surface area contributed by atoms with Gasteiger partial charge in [-0.1, -0.05) is 103 Å². The van der Waals surface area contributed by atoms with Crippen LogP contribution < -0.4 is 0 Å². The second-order valence-electron chi connectivity index (χ2n) is 11.3. The van der Waals surface area contributed by atoms with Crippen molar-refractivity contribution in [2.75, 3.05) is 0 Å². The molecule has 3 aromatic carbocycles. The highest BCUT2D eigenvalue weighted by Gasteiger charge is 2.72. The van der Waals surface area contributed by atoms with E-state index < -0.39 is 11.4 Å². The predicted octanol–water partition coefficient (Wildman–Crippen LogP) is 7.41. The van der Waals surface area contributed by atoms with Crippen LogP contribution in [0.4, 0.5) is 0 Å². The monoisotopic (exact) mass is 572 g/mol. The summed E-state index contributed by atoms with van der Waals surface area (Å²) in [4.78, 5) is 34.7. The highest BCUT2D eigenvalue weighted by Crippen LogP contribution is 2.71. The van der Waals surface area contributed by atoms with Crippen molar-refractivity contribution in [3.05, 3.63) is 106 Å². The van der Waals surface area contributed by atoms with Crippen LogP contribution in [-0.2, 0) is 22.7 Å². The van der Waals surface area contributed by atoms with E-state index in [1.165, 1.54) is 0 Å². The van der Waals surface area contributed by atoms with Gasteiger partial charge in [0.05, 0.1) is 16.7 Å². The number of hydrogen-bond acceptors (Lipinski definition) is 4. The summed E-state index contributed by atoms with van der Waals surface area (Å²) < 4.78 is 0.888. The number of amides is 1. The average molecular weight is 574 g/mol. The van der Waals surface area contributed by atoms with Gasteiger partial charge in [0.25, 0.3) is 0 Å². The van der Waals surface area contributed by atoms with E-state index >= 15 is 0 Å². The fraction of sp³-hybridized carbons (Fsp3) is 0.344. The maximum Gasteiger partial charge on any atom is 0.365 e. The minimum Gasteiger partial charge on any atom is -0.334 e. The van der Waals surface area contributed by atoms with Gasteiger partial charge in [0.1, 0.15) is 0 Å². The zero-order valence-corrected chi connectivity index (χ0v) is 23.7. The summed E-state index contributed by atoms with van der Waals surface area (Å²) in [6, 6.07) is 27.3. The van der Waals surface area contributed by atoms with Gasteiger partial charge in [-0.15, -0.1) is 0 Å². The van der Waals surface area contributed by atoms with Crippen molar-refractivity contribution in [1.29, 1.82) is 0 Å². The molecule has 2 bridgehead atoms. The molecule has 0 radical (unpaired) electrons. The molecule has 196 valence electrons. The third-order valence-corrected chi connectivity index (χ3v) is 9.71. The van der Waals surface area contributed by atoms with E-state index in [0.29, 0.717) is 25.1 Å². The Labute approximate surface area is 233 Å². The second-order valence-corrected chi connectivity index (χ2v) is 12.2. The van der Waals surface area contributed by atoms with Crippen LogP contribution in [0.5, 0.6) is 0 Å². The summed E-state index contributed by atoms with van der Waals surface area (Å²) in [5, 5.41) is 4.41. The zero-order valence-electron chi connectivity index (χ0n) is 22.1. The molecule has 5 nitrogen and oxygen atoms in total. The molecule has 0 aromatic heterocycles. The first-order chi connectivity index (χ1) is 18.2. The largest absolute Gasteiger partial charge is 0.365 e. The van der Waals surface area contributed by atoms with E-state index in [2.05, 4.69) is 66.1 Å². The van der Waals surface area contributed by atoms with Crippen molar-refractivity contribution in [2.24, 2.45) is 21.4 Å². The molecular weight excluding hydrogens is 540 g/mol.